The van der Waals surface area contributed by atoms with Crippen LogP contribution in [0.25, 0.3) is 22.2 Å². The second-order valence-electron chi connectivity index (χ2n) is 6.35. The van der Waals surface area contributed by atoms with Crippen molar-refractivity contribution in [2.24, 2.45) is 0 Å². The van der Waals surface area contributed by atoms with Gasteiger partial charge in [-0.15, -0.1) is 23.1 Å². The molecular formula is C22H19N3OS2. The molecule has 2 heterocycles. The van der Waals surface area contributed by atoms with Crippen LogP contribution >= 0.6 is 23.1 Å². The van der Waals surface area contributed by atoms with Gasteiger partial charge in [0.05, 0.1) is 16.2 Å². The number of carbonyl (C=O) groups excluding carboxylic acids is 1. The topological polar surface area (TPSA) is 54.9 Å². The van der Waals surface area contributed by atoms with E-state index in [-0.39, 0.29) is 5.91 Å². The summed E-state index contributed by atoms with van der Waals surface area (Å²) in [4.78, 5) is 21.4. The Labute approximate surface area is 172 Å². The minimum Gasteiger partial charge on any atom is -0.302 e. The van der Waals surface area contributed by atoms with Crippen LogP contribution in [-0.4, -0.2) is 21.6 Å². The molecule has 0 bridgehead atoms. The Morgan fingerprint density at radius 1 is 1.07 bits per heavy atom. The van der Waals surface area contributed by atoms with Crippen LogP contribution in [0.5, 0.6) is 0 Å². The first-order chi connectivity index (χ1) is 13.7. The number of fused-ring (bicyclic) bond motifs is 1. The normalized spacial score (nSPS) is 10.9. The van der Waals surface area contributed by atoms with Crippen LogP contribution in [0.1, 0.15) is 12.0 Å². The quantitative estimate of drug-likeness (QED) is 0.413. The monoisotopic (exact) mass is 405 g/mol. The molecule has 6 heteroatoms. The van der Waals surface area contributed by atoms with Crippen LogP contribution < -0.4 is 5.32 Å². The number of benzene rings is 2. The predicted molar refractivity (Wildman–Crippen MR) is 118 cm³/mol. The molecule has 2 aromatic carbocycles. The van der Waals surface area contributed by atoms with Gasteiger partial charge >= 0.3 is 0 Å². The molecule has 0 spiro atoms. The number of carbonyl (C=O) groups is 1. The summed E-state index contributed by atoms with van der Waals surface area (Å²) in [6.45, 7) is 2.09. The SMILES string of the molecule is Cc1cc(SCCC(=O)Nc2nc(-c3ccccc3)cs2)nc2ccccc12. The number of hydrogen-bond donors (Lipinski definition) is 1. The molecule has 1 N–H and O–H groups in total. The van der Waals surface area contributed by atoms with Gasteiger partial charge in [-0.3, -0.25) is 4.79 Å². The zero-order valence-electron chi connectivity index (χ0n) is 15.4. The average molecular weight is 406 g/mol. The Bertz CT molecular complexity index is 1110. The van der Waals surface area contributed by atoms with Crippen molar-refractivity contribution < 1.29 is 4.79 Å². The molecule has 28 heavy (non-hydrogen) atoms. The number of thioether (sulfide) groups is 1. The number of pyridine rings is 1. The molecule has 0 saturated carbocycles. The second kappa shape index (κ2) is 8.54. The lowest BCUT2D eigenvalue weighted by Crippen LogP contribution is -2.12. The number of nitrogens with zero attached hydrogens (tertiary/aromatic N) is 2. The van der Waals surface area contributed by atoms with E-state index in [2.05, 4.69) is 34.3 Å². The van der Waals surface area contributed by atoms with Gasteiger partial charge in [0.25, 0.3) is 0 Å². The largest absolute Gasteiger partial charge is 0.302 e. The van der Waals surface area contributed by atoms with Gasteiger partial charge in [-0.25, -0.2) is 9.97 Å². The zero-order valence-corrected chi connectivity index (χ0v) is 17.0. The van der Waals surface area contributed by atoms with Crippen LogP contribution in [0.15, 0.2) is 71.1 Å². The van der Waals surface area contributed by atoms with Crippen LogP contribution in [0, 0.1) is 6.92 Å². The first kappa shape index (κ1) is 18.7. The maximum absolute atomic E-state index is 12.2. The molecule has 2 aromatic heterocycles. The molecule has 0 atom stereocenters. The highest BCUT2D eigenvalue weighted by molar-refractivity contribution is 7.99. The number of rotatable bonds is 6. The fourth-order valence-electron chi connectivity index (χ4n) is 2.90. The molecule has 4 rings (SSSR count). The molecule has 0 saturated heterocycles. The standard InChI is InChI=1S/C22H19N3OS2/c1-15-13-21(23-18-10-6-5-9-17(15)18)27-12-11-20(26)25-22-24-19(14-28-22)16-7-3-2-4-8-16/h2-10,13-14H,11-12H2,1H3,(H,24,25,26). The average Bonchev–Trinajstić information content (AvgIpc) is 3.17. The maximum Gasteiger partial charge on any atom is 0.226 e. The van der Waals surface area contributed by atoms with E-state index in [9.17, 15) is 4.79 Å². The van der Waals surface area contributed by atoms with Crippen molar-refractivity contribution in [3.8, 4) is 11.3 Å². The van der Waals surface area contributed by atoms with E-state index in [1.165, 1.54) is 22.3 Å². The molecule has 4 aromatic rings. The molecule has 1 amide bonds. The Morgan fingerprint density at radius 2 is 1.86 bits per heavy atom. The predicted octanol–water partition coefficient (Wildman–Crippen LogP) is 5.79. The third-order valence-electron chi connectivity index (χ3n) is 4.30. The van der Waals surface area contributed by atoms with Crippen molar-refractivity contribution in [1.29, 1.82) is 0 Å². The third-order valence-corrected chi connectivity index (χ3v) is 5.97. The van der Waals surface area contributed by atoms with Gasteiger partial charge in [0.15, 0.2) is 5.13 Å². The lowest BCUT2D eigenvalue weighted by molar-refractivity contribution is -0.115. The summed E-state index contributed by atoms with van der Waals surface area (Å²) in [5.41, 5.74) is 4.12. The number of nitrogens with one attached hydrogen (secondary N) is 1. The van der Waals surface area contributed by atoms with Crippen molar-refractivity contribution in [2.45, 2.75) is 18.4 Å². The summed E-state index contributed by atoms with van der Waals surface area (Å²) in [5.74, 6) is 0.645. The van der Waals surface area contributed by atoms with Gasteiger partial charge in [0.1, 0.15) is 0 Å². The van der Waals surface area contributed by atoms with Gasteiger partial charge in [0, 0.05) is 28.5 Å². The van der Waals surface area contributed by atoms with Crippen LogP contribution in [-0.2, 0) is 4.79 Å². The van der Waals surface area contributed by atoms with Crippen LogP contribution in [0.4, 0.5) is 5.13 Å². The summed E-state index contributed by atoms with van der Waals surface area (Å²) < 4.78 is 0. The van der Waals surface area contributed by atoms with Gasteiger partial charge in [-0.2, -0.15) is 0 Å². The first-order valence-electron chi connectivity index (χ1n) is 8.99. The van der Waals surface area contributed by atoms with E-state index >= 15 is 0 Å². The second-order valence-corrected chi connectivity index (χ2v) is 8.32. The Hall–Kier alpha value is -2.70. The summed E-state index contributed by atoms with van der Waals surface area (Å²) in [7, 11) is 0. The molecule has 0 fully saturated rings. The maximum atomic E-state index is 12.2. The Balaban J connectivity index is 1.32. The number of aryl methyl sites for hydroxylation is 1. The number of para-hydroxylation sites is 1. The van der Waals surface area contributed by atoms with Crippen molar-refractivity contribution in [2.75, 3.05) is 11.1 Å². The highest BCUT2D eigenvalue weighted by Crippen LogP contribution is 2.26. The number of thiazole rings is 1. The van der Waals surface area contributed by atoms with Crippen molar-refractivity contribution in [3.63, 3.8) is 0 Å². The Morgan fingerprint density at radius 3 is 2.71 bits per heavy atom. The summed E-state index contributed by atoms with van der Waals surface area (Å²) >= 11 is 3.05. The highest BCUT2D eigenvalue weighted by Gasteiger charge is 2.09. The van der Waals surface area contributed by atoms with Gasteiger partial charge in [-0.05, 0) is 24.6 Å². The zero-order chi connectivity index (χ0) is 19.3. The minimum absolute atomic E-state index is 0.0287. The van der Waals surface area contributed by atoms with E-state index in [1.807, 2.05) is 53.9 Å². The number of hydrogen-bond acceptors (Lipinski definition) is 5. The smallest absolute Gasteiger partial charge is 0.226 e. The molecule has 4 nitrogen and oxygen atoms in total. The van der Waals surface area contributed by atoms with Crippen LogP contribution in [0.3, 0.4) is 0 Å². The Kier molecular flexibility index (Phi) is 5.69. The summed E-state index contributed by atoms with van der Waals surface area (Å²) in [6.07, 6.45) is 0.415. The van der Waals surface area contributed by atoms with Crippen LogP contribution in [0.2, 0.25) is 0 Å². The fraction of sp³-hybridized carbons (Fsp3) is 0.136. The van der Waals surface area contributed by atoms with Gasteiger partial charge < -0.3 is 5.32 Å². The van der Waals surface area contributed by atoms with E-state index < -0.39 is 0 Å². The number of anilines is 1. The third kappa shape index (κ3) is 4.40. The van der Waals surface area contributed by atoms with Crippen molar-refractivity contribution >= 4 is 45.0 Å². The molecule has 0 unspecified atom stereocenters. The summed E-state index contributed by atoms with van der Waals surface area (Å²) in [5, 5.41) is 7.60. The first-order valence-corrected chi connectivity index (χ1v) is 10.9. The molecule has 0 aliphatic carbocycles. The van der Waals surface area contributed by atoms with Crippen molar-refractivity contribution in [3.05, 3.63) is 71.6 Å². The molecular weight excluding hydrogens is 386 g/mol. The van der Waals surface area contributed by atoms with E-state index in [4.69, 9.17) is 0 Å². The van der Waals surface area contributed by atoms with E-state index in [0.717, 1.165) is 21.8 Å². The summed E-state index contributed by atoms with van der Waals surface area (Å²) in [6, 6.07) is 20.2. The molecule has 0 radical (unpaired) electrons. The van der Waals surface area contributed by atoms with Gasteiger partial charge in [0.2, 0.25) is 5.91 Å². The van der Waals surface area contributed by atoms with Gasteiger partial charge in [-0.1, -0.05) is 48.5 Å². The van der Waals surface area contributed by atoms with E-state index in [0.29, 0.717) is 17.3 Å². The molecule has 0 aliphatic rings. The fourth-order valence-corrected chi connectivity index (χ4v) is 4.55. The van der Waals surface area contributed by atoms with Crippen molar-refractivity contribution in [1.82, 2.24) is 9.97 Å². The number of amides is 1. The highest BCUT2D eigenvalue weighted by atomic mass is 32.2. The lowest BCUT2D eigenvalue weighted by Gasteiger charge is -2.06. The number of aromatic nitrogens is 2. The minimum atomic E-state index is -0.0287. The lowest BCUT2D eigenvalue weighted by atomic mass is 10.1. The molecule has 0 aliphatic heterocycles. The van der Waals surface area contributed by atoms with E-state index in [1.54, 1.807) is 11.8 Å². The molecule has 140 valence electrons.